The maximum absolute atomic E-state index is 6.23. The minimum atomic E-state index is 0.155. The predicted molar refractivity (Wildman–Crippen MR) is 57.2 cm³/mol. The molecule has 0 spiro atoms. The van der Waals surface area contributed by atoms with Gasteiger partial charge in [-0.1, -0.05) is 0 Å². The molecule has 0 radical (unpaired) electrons. The van der Waals surface area contributed by atoms with Crippen molar-refractivity contribution >= 4 is 0 Å². The highest BCUT2D eigenvalue weighted by atomic mass is 16.5. The monoisotopic (exact) mass is 198 g/mol. The summed E-state index contributed by atoms with van der Waals surface area (Å²) in [5.41, 5.74) is 6.38. The van der Waals surface area contributed by atoms with Crippen LogP contribution in [0.3, 0.4) is 0 Å². The first-order chi connectivity index (χ1) is 6.72. The largest absolute Gasteiger partial charge is 0.384 e. The highest BCUT2D eigenvalue weighted by molar-refractivity contribution is 4.96. The van der Waals surface area contributed by atoms with E-state index in [-0.39, 0.29) is 5.54 Å². The Morgan fingerprint density at radius 2 is 2.29 bits per heavy atom. The van der Waals surface area contributed by atoms with E-state index < -0.39 is 0 Å². The lowest BCUT2D eigenvalue weighted by molar-refractivity contribution is 0.136. The van der Waals surface area contributed by atoms with E-state index in [0.717, 1.165) is 19.1 Å². The Balaban J connectivity index is 1.73. The van der Waals surface area contributed by atoms with Crippen molar-refractivity contribution in [2.45, 2.75) is 31.2 Å². The molecule has 0 aromatic heterocycles. The van der Waals surface area contributed by atoms with Gasteiger partial charge in [-0.05, 0) is 38.1 Å². The van der Waals surface area contributed by atoms with Crippen molar-refractivity contribution < 1.29 is 4.74 Å². The van der Waals surface area contributed by atoms with Crippen LogP contribution in [-0.2, 0) is 4.74 Å². The van der Waals surface area contributed by atoms with Gasteiger partial charge < -0.3 is 15.4 Å². The van der Waals surface area contributed by atoms with Gasteiger partial charge in [-0.25, -0.2) is 0 Å². The summed E-state index contributed by atoms with van der Waals surface area (Å²) in [5.74, 6) is 0.740. The van der Waals surface area contributed by atoms with Crippen LogP contribution in [0.4, 0.5) is 0 Å². The molecule has 1 unspecified atom stereocenters. The number of rotatable bonds is 4. The molecule has 2 rings (SSSR count). The second-order valence-corrected chi connectivity index (χ2v) is 5.06. The fourth-order valence-corrected chi connectivity index (χ4v) is 2.66. The van der Waals surface area contributed by atoms with E-state index in [2.05, 4.69) is 4.90 Å². The molecule has 0 aromatic carbocycles. The van der Waals surface area contributed by atoms with Crippen molar-refractivity contribution in [3.8, 4) is 0 Å². The number of ether oxygens (including phenoxy) is 1. The normalized spacial score (nSPS) is 31.7. The summed E-state index contributed by atoms with van der Waals surface area (Å²) in [4.78, 5) is 2.52. The molecule has 2 aliphatic rings. The Bertz CT molecular complexity index is 192. The standard InChI is InChI=1S/C11H22N2O/c1-14-8-10-3-6-13(7-10)9-11(12)4-2-5-11/h10H,2-9,12H2,1H3. The fourth-order valence-electron chi connectivity index (χ4n) is 2.66. The third-order valence-corrected chi connectivity index (χ3v) is 3.66. The Morgan fingerprint density at radius 1 is 1.50 bits per heavy atom. The molecule has 0 bridgehead atoms. The van der Waals surface area contributed by atoms with E-state index in [1.807, 2.05) is 0 Å². The maximum Gasteiger partial charge on any atom is 0.0503 e. The molecule has 1 aliphatic carbocycles. The van der Waals surface area contributed by atoms with Gasteiger partial charge in [0.25, 0.3) is 0 Å². The molecule has 1 heterocycles. The maximum atomic E-state index is 6.23. The second-order valence-electron chi connectivity index (χ2n) is 5.06. The molecule has 0 amide bonds. The van der Waals surface area contributed by atoms with E-state index in [0.29, 0.717) is 0 Å². The number of nitrogens with two attached hydrogens (primary N) is 1. The molecule has 3 nitrogen and oxygen atoms in total. The third kappa shape index (κ3) is 2.27. The molecule has 1 atom stereocenters. The Kier molecular flexibility index (Phi) is 3.10. The van der Waals surface area contributed by atoms with Crippen LogP contribution >= 0.6 is 0 Å². The summed E-state index contributed by atoms with van der Waals surface area (Å²) in [6.45, 7) is 4.42. The quantitative estimate of drug-likeness (QED) is 0.727. The highest BCUT2D eigenvalue weighted by Crippen LogP contribution is 2.31. The molecule has 1 saturated carbocycles. The molecule has 0 aromatic rings. The Morgan fingerprint density at radius 3 is 2.86 bits per heavy atom. The fraction of sp³-hybridized carbons (Fsp3) is 1.00. The lowest BCUT2D eigenvalue weighted by Gasteiger charge is -2.41. The first kappa shape index (κ1) is 10.4. The molecule has 2 N–H and O–H groups in total. The number of hydrogen-bond acceptors (Lipinski definition) is 3. The third-order valence-electron chi connectivity index (χ3n) is 3.66. The SMILES string of the molecule is COCC1CCN(CC2(N)CCC2)C1. The summed E-state index contributed by atoms with van der Waals surface area (Å²) in [5, 5.41) is 0. The van der Waals surface area contributed by atoms with Crippen LogP contribution in [0.1, 0.15) is 25.7 Å². The summed E-state index contributed by atoms with van der Waals surface area (Å²) in [7, 11) is 1.79. The molecule has 82 valence electrons. The van der Waals surface area contributed by atoms with Gasteiger partial charge in [0.2, 0.25) is 0 Å². The van der Waals surface area contributed by atoms with Gasteiger partial charge >= 0.3 is 0 Å². The van der Waals surface area contributed by atoms with Crippen LogP contribution in [0, 0.1) is 5.92 Å². The summed E-state index contributed by atoms with van der Waals surface area (Å²) in [6.07, 6.45) is 5.05. The van der Waals surface area contributed by atoms with Crippen molar-refractivity contribution in [2.75, 3.05) is 33.4 Å². The lowest BCUT2D eigenvalue weighted by Crippen LogP contribution is -2.54. The van der Waals surface area contributed by atoms with Gasteiger partial charge in [0.05, 0.1) is 6.61 Å². The van der Waals surface area contributed by atoms with Gasteiger partial charge in [-0.2, -0.15) is 0 Å². The zero-order valence-corrected chi connectivity index (χ0v) is 9.17. The van der Waals surface area contributed by atoms with Gasteiger partial charge in [0, 0.05) is 25.7 Å². The molecular formula is C11H22N2O. The van der Waals surface area contributed by atoms with Crippen LogP contribution in [0.2, 0.25) is 0 Å². The number of likely N-dealkylation sites (tertiary alicyclic amines) is 1. The van der Waals surface area contributed by atoms with Crippen LogP contribution in [-0.4, -0.2) is 43.8 Å². The second kappa shape index (κ2) is 4.17. The van der Waals surface area contributed by atoms with Crippen molar-refractivity contribution in [1.29, 1.82) is 0 Å². The Hall–Kier alpha value is -0.120. The molecule has 1 saturated heterocycles. The molecule has 1 aliphatic heterocycles. The molecule has 14 heavy (non-hydrogen) atoms. The minimum absolute atomic E-state index is 0.155. The van der Waals surface area contributed by atoms with Gasteiger partial charge in [0.15, 0.2) is 0 Å². The van der Waals surface area contributed by atoms with Crippen molar-refractivity contribution in [2.24, 2.45) is 11.7 Å². The zero-order chi connectivity index (χ0) is 10.0. The van der Waals surface area contributed by atoms with Crippen LogP contribution in [0.15, 0.2) is 0 Å². The lowest BCUT2D eigenvalue weighted by atomic mass is 9.77. The van der Waals surface area contributed by atoms with Crippen molar-refractivity contribution in [3.63, 3.8) is 0 Å². The highest BCUT2D eigenvalue weighted by Gasteiger charge is 2.36. The molecule has 2 fully saturated rings. The topological polar surface area (TPSA) is 38.5 Å². The smallest absolute Gasteiger partial charge is 0.0503 e. The number of hydrogen-bond donors (Lipinski definition) is 1. The van der Waals surface area contributed by atoms with Crippen LogP contribution in [0.25, 0.3) is 0 Å². The number of nitrogens with zero attached hydrogens (tertiary/aromatic N) is 1. The summed E-state index contributed by atoms with van der Waals surface area (Å²) < 4.78 is 5.19. The van der Waals surface area contributed by atoms with Gasteiger partial charge in [-0.3, -0.25) is 0 Å². The van der Waals surface area contributed by atoms with E-state index in [1.54, 1.807) is 7.11 Å². The minimum Gasteiger partial charge on any atom is -0.384 e. The molecule has 3 heteroatoms. The van der Waals surface area contributed by atoms with E-state index in [1.165, 1.54) is 38.8 Å². The van der Waals surface area contributed by atoms with E-state index in [4.69, 9.17) is 10.5 Å². The van der Waals surface area contributed by atoms with Crippen LogP contribution < -0.4 is 5.73 Å². The zero-order valence-electron chi connectivity index (χ0n) is 9.17. The van der Waals surface area contributed by atoms with E-state index >= 15 is 0 Å². The summed E-state index contributed by atoms with van der Waals surface area (Å²) >= 11 is 0. The van der Waals surface area contributed by atoms with E-state index in [9.17, 15) is 0 Å². The van der Waals surface area contributed by atoms with Crippen molar-refractivity contribution in [3.05, 3.63) is 0 Å². The average Bonchev–Trinajstić information content (AvgIpc) is 2.51. The first-order valence-corrected chi connectivity index (χ1v) is 5.72. The first-order valence-electron chi connectivity index (χ1n) is 5.72. The van der Waals surface area contributed by atoms with Crippen LogP contribution in [0.5, 0.6) is 0 Å². The molecular weight excluding hydrogens is 176 g/mol. The average molecular weight is 198 g/mol. The predicted octanol–water partition coefficient (Wildman–Crippen LogP) is 0.836. The Labute approximate surface area is 86.6 Å². The van der Waals surface area contributed by atoms with Gasteiger partial charge in [-0.15, -0.1) is 0 Å². The van der Waals surface area contributed by atoms with Gasteiger partial charge in [0.1, 0.15) is 0 Å². The summed E-state index contributed by atoms with van der Waals surface area (Å²) in [6, 6.07) is 0. The number of methoxy groups -OCH3 is 1. The van der Waals surface area contributed by atoms with Crippen molar-refractivity contribution in [1.82, 2.24) is 4.90 Å².